The first-order chi connectivity index (χ1) is 19.7. The minimum Gasteiger partial charge on any atom is -0.493 e. The smallest absolute Gasteiger partial charge is 0.333 e. The third-order valence-electron chi connectivity index (χ3n) is 6.10. The molecule has 3 rings (SSSR count). The highest BCUT2D eigenvalue weighted by Gasteiger charge is 2.18. The molecule has 1 unspecified atom stereocenters. The number of halogens is 2. The summed E-state index contributed by atoms with van der Waals surface area (Å²) in [5.41, 5.74) is 2.61. The lowest BCUT2D eigenvalue weighted by Gasteiger charge is -2.23. The number of aryl methyl sites for hydroxylation is 1. The predicted molar refractivity (Wildman–Crippen MR) is 162 cm³/mol. The Balaban J connectivity index is 1.52. The molecule has 8 nitrogen and oxygen atoms in total. The van der Waals surface area contributed by atoms with E-state index in [-0.39, 0.29) is 19.1 Å². The number of hydrogen-bond acceptors (Lipinski definition) is 5. The molecule has 0 saturated heterocycles. The maximum absolute atomic E-state index is 13.1. The Bertz CT molecular complexity index is 1250. The van der Waals surface area contributed by atoms with E-state index < -0.39 is 12.1 Å². The molecule has 0 heterocycles. The molecule has 0 aliphatic carbocycles. The first kappa shape index (κ1) is 32.1. The van der Waals surface area contributed by atoms with E-state index in [9.17, 15) is 14.7 Å². The van der Waals surface area contributed by atoms with Crippen molar-refractivity contribution in [3.63, 3.8) is 0 Å². The minimum atomic E-state index is -0.989. The Hall–Kier alpha value is -3.46. The third-order valence-corrected chi connectivity index (χ3v) is 6.54. The van der Waals surface area contributed by atoms with Gasteiger partial charge in [-0.3, -0.25) is 0 Å². The van der Waals surface area contributed by atoms with Crippen molar-refractivity contribution in [2.75, 3.05) is 38.2 Å². The number of benzene rings is 3. The monoisotopic (exact) mass is 602 g/mol. The van der Waals surface area contributed by atoms with Crippen LogP contribution >= 0.6 is 23.2 Å². The lowest BCUT2D eigenvalue weighted by Crippen LogP contribution is -2.38. The van der Waals surface area contributed by atoms with Gasteiger partial charge in [0.15, 0.2) is 6.10 Å². The maximum Gasteiger partial charge on any atom is 0.333 e. The summed E-state index contributed by atoms with van der Waals surface area (Å²) in [4.78, 5) is 26.2. The van der Waals surface area contributed by atoms with Gasteiger partial charge >= 0.3 is 12.0 Å². The van der Waals surface area contributed by atoms with Crippen LogP contribution in [0.25, 0.3) is 0 Å². The number of anilines is 1. The number of carbonyl (C=O) groups is 2. The van der Waals surface area contributed by atoms with Crippen LogP contribution in [0.1, 0.15) is 30.9 Å². The number of hydrogen-bond donors (Lipinski definition) is 2. The standard InChI is InChI=1S/C31H36Cl2N2O6/c1-3-39-29(30(36)37)18-23-9-11-27(12-10-23)41-16-14-35(31(38)34-26-8-6-7-22(2)17-26)13-4-5-15-40-28-20-24(32)19-25(33)21-28/h6-12,17,19-21,29H,3-5,13-16,18H2,1-2H3,(H,34,38)(H,36,37). The summed E-state index contributed by atoms with van der Waals surface area (Å²) in [6.07, 6.45) is 0.819. The number of rotatable bonds is 16. The average Bonchev–Trinajstić information content (AvgIpc) is 2.92. The van der Waals surface area contributed by atoms with E-state index in [1.165, 1.54) is 0 Å². The quantitative estimate of drug-likeness (QED) is 0.170. The molecule has 0 aliphatic rings. The molecule has 0 saturated carbocycles. The third kappa shape index (κ3) is 11.5. The summed E-state index contributed by atoms with van der Waals surface area (Å²) in [6.45, 7) is 5.69. The molecule has 0 aromatic heterocycles. The number of amides is 2. The number of urea groups is 1. The van der Waals surface area contributed by atoms with Crippen molar-refractivity contribution in [3.8, 4) is 11.5 Å². The van der Waals surface area contributed by atoms with Gasteiger partial charge in [-0.05, 0) is 80.3 Å². The summed E-state index contributed by atoms with van der Waals surface area (Å²) in [5.74, 6) is 0.244. The van der Waals surface area contributed by atoms with Crippen LogP contribution in [0.5, 0.6) is 11.5 Å². The van der Waals surface area contributed by atoms with Gasteiger partial charge in [0.2, 0.25) is 0 Å². The SMILES string of the molecule is CCOC(Cc1ccc(OCCN(CCCCOc2cc(Cl)cc(Cl)c2)C(=O)Nc2cccc(C)c2)cc1)C(=O)O. The number of ether oxygens (including phenoxy) is 3. The first-order valence-corrected chi connectivity index (χ1v) is 14.3. The molecule has 0 fully saturated rings. The summed E-state index contributed by atoms with van der Waals surface area (Å²) in [6, 6.07) is 19.7. The molecule has 0 bridgehead atoms. The summed E-state index contributed by atoms with van der Waals surface area (Å²) < 4.78 is 17.0. The van der Waals surface area contributed by atoms with E-state index in [1.54, 1.807) is 42.2 Å². The molecule has 0 spiro atoms. The van der Waals surface area contributed by atoms with Crippen molar-refractivity contribution in [1.29, 1.82) is 0 Å². The zero-order valence-corrected chi connectivity index (χ0v) is 24.8. The minimum absolute atomic E-state index is 0.215. The molecule has 2 amide bonds. The number of carbonyl (C=O) groups excluding carboxylic acids is 1. The van der Waals surface area contributed by atoms with Crippen LogP contribution in [0.3, 0.4) is 0 Å². The Labute approximate surface area is 251 Å². The van der Waals surface area contributed by atoms with Crippen molar-refractivity contribution < 1.29 is 28.9 Å². The highest BCUT2D eigenvalue weighted by Crippen LogP contribution is 2.24. The number of aliphatic carboxylic acids is 1. The number of nitrogens with one attached hydrogen (secondary N) is 1. The van der Waals surface area contributed by atoms with Gasteiger partial charge < -0.3 is 29.5 Å². The molecule has 3 aromatic carbocycles. The second kappa shape index (κ2) is 16.7. The van der Waals surface area contributed by atoms with Gasteiger partial charge in [0.1, 0.15) is 18.1 Å². The van der Waals surface area contributed by atoms with E-state index >= 15 is 0 Å². The largest absolute Gasteiger partial charge is 0.493 e. The van der Waals surface area contributed by atoms with Gasteiger partial charge in [0.25, 0.3) is 0 Å². The summed E-state index contributed by atoms with van der Waals surface area (Å²) in [5, 5.41) is 13.3. The molecule has 0 aliphatic heterocycles. The number of carboxylic acids is 1. The van der Waals surface area contributed by atoms with Gasteiger partial charge in [-0.1, -0.05) is 47.5 Å². The zero-order valence-electron chi connectivity index (χ0n) is 23.3. The fraction of sp³-hybridized carbons (Fsp3) is 0.355. The van der Waals surface area contributed by atoms with Crippen LogP contribution in [0.4, 0.5) is 10.5 Å². The molecular formula is C31H36Cl2N2O6. The van der Waals surface area contributed by atoms with Crippen molar-refractivity contribution in [1.82, 2.24) is 4.90 Å². The van der Waals surface area contributed by atoms with Crippen LogP contribution in [-0.4, -0.2) is 61.0 Å². The van der Waals surface area contributed by atoms with Gasteiger partial charge in [-0.25, -0.2) is 9.59 Å². The molecular weight excluding hydrogens is 567 g/mol. The molecule has 41 heavy (non-hydrogen) atoms. The van der Waals surface area contributed by atoms with Crippen molar-refractivity contribution >= 4 is 40.9 Å². The molecule has 220 valence electrons. The zero-order chi connectivity index (χ0) is 29.6. The van der Waals surface area contributed by atoms with Crippen LogP contribution in [0, 0.1) is 6.92 Å². The van der Waals surface area contributed by atoms with E-state index in [1.807, 2.05) is 43.3 Å². The van der Waals surface area contributed by atoms with E-state index in [4.69, 9.17) is 37.4 Å². The van der Waals surface area contributed by atoms with Gasteiger partial charge in [0.05, 0.1) is 13.2 Å². The highest BCUT2D eigenvalue weighted by molar-refractivity contribution is 6.34. The van der Waals surface area contributed by atoms with Crippen LogP contribution in [0.15, 0.2) is 66.7 Å². The summed E-state index contributed by atoms with van der Waals surface area (Å²) in [7, 11) is 0. The predicted octanol–water partition coefficient (Wildman–Crippen LogP) is 7.11. The molecule has 0 radical (unpaired) electrons. The maximum atomic E-state index is 13.1. The van der Waals surface area contributed by atoms with Crippen LogP contribution < -0.4 is 14.8 Å². The number of unbranched alkanes of at least 4 members (excludes halogenated alkanes) is 1. The Morgan fingerprint density at radius 3 is 2.27 bits per heavy atom. The molecule has 10 heteroatoms. The van der Waals surface area contributed by atoms with Crippen molar-refractivity contribution in [2.24, 2.45) is 0 Å². The second-order valence-corrected chi connectivity index (χ2v) is 10.3. The average molecular weight is 604 g/mol. The van der Waals surface area contributed by atoms with E-state index in [0.717, 1.165) is 29.7 Å². The van der Waals surface area contributed by atoms with Crippen molar-refractivity contribution in [2.45, 2.75) is 39.2 Å². The summed E-state index contributed by atoms with van der Waals surface area (Å²) >= 11 is 12.1. The molecule has 1 atom stereocenters. The van der Waals surface area contributed by atoms with Crippen LogP contribution in [0.2, 0.25) is 10.0 Å². The fourth-order valence-electron chi connectivity index (χ4n) is 4.08. The lowest BCUT2D eigenvalue weighted by molar-refractivity contribution is -0.149. The number of carboxylic acid groups (broad SMARTS) is 1. The fourth-order valence-corrected chi connectivity index (χ4v) is 4.58. The van der Waals surface area contributed by atoms with Gasteiger partial charge in [-0.2, -0.15) is 0 Å². The lowest BCUT2D eigenvalue weighted by atomic mass is 10.1. The Morgan fingerprint density at radius 1 is 0.902 bits per heavy atom. The Morgan fingerprint density at radius 2 is 1.61 bits per heavy atom. The highest BCUT2D eigenvalue weighted by atomic mass is 35.5. The topological polar surface area (TPSA) is 97.3 Å². The molecule has 3 aromatic rings. The van der Waals surface area contributed by atoms with Crippen LogP contribution in [-0.2, 0) is 16.0 Å². The van der Waals surface area contributed by atoms with Crippen molar-refractivity contribution in [3.05, 3.63) is 87.9 Å². The van der Waals surface area contributed by atoms with E-state index in [2.05, 4.69) is 5.32 Å². The number of nitrogens with zero attached hydrogens (tertiary/aromatic N) is 1. The first-order valence-electron chi connectivity index (χ1n) is 13.5. The second-order valence-electron chi connectivity index (χ2n) is 9.43. The van der Waals surface area contributed by atoms with Gasteiger partial charge in [0, 0.05) is 35.3 Å². The Kier molecular flexibility index (Phi) is 13.1. The van der Waals surface area contributed by atoms with E-state index in [0.29, 0.717) is 47.8 Å². The van der Waals surface area contributed by atoms with Gasteiger partial charge in [-0.15, -0.1) is 0 Å². The normalized spacial score (nSPS) is 11.5. The molecule has 2 N–H and O–H groups in total.